The predicted molar refractivity (Wildman–Crippen MR) is 64.0 cm³/mol. The van der Waals surface area contributed by atoms with Crippen molar-refractivity contribution in [2.75, 3.05) is 5.73 Å². The van der Waals surface area contributed by atoms with Crippen LogP contribution in [0.1, 0.15) is 0 Å². The van der Waals surface area contributed by atoms with E-state index in [9.17, 15) is 4.39 Å². The summed E-state index contributed by atoms with van der Waals surface area (Å²) in [7, 11) is 0. The molecule has 0 saturated heterocycles. The average Bonchev–Trinajstić information content (AvgIpc) is 2.99. The molecular weight excluding hydrogens is 235 g/mol. The van der Waals surface area contributed by atoms with Gasteiger partial charge < -0.3 is 14.7 Å². The first-order chi connectivity index (χ1) is 8.75. The molecule has 4 nitrogen and oxygen atoms in total. The van der Waals surface area contributed by atoms with Crippen LogP contribution in [0.15, 0.2) is 51.6 Å². The van der Waals surface area contributed by atoms with E-state index in [1.807, 2.05) is 0 Å². The number of nitrogens with two attached hydrogens (primary N) is 1. The quantitative estimate of drug-likeness (QED) is 0.750. The number of nitrogen functional groups attached to an aromatic ring is 1. The van der Waals surface area contributed by atoms with Crippen LogP contribution in [0, 0.1) is 5.82 Å². The molecule has 0 bridgehead atoms. The van der Waals surface area contributed by atoms with Gasteiger partial charge in [-0.1, -0.05) is 17.3 Å². The first-order valence-electron chi connectivity index (χ1n) is 5.30. The molecule has 3 aromatic rings. The van der Waals surface area contributed by atoms with Crippen molar-refractivity contribution >= 4 is 5.88 Å². The highest BCUT2D eigenvalue weighted by Crippen LogP contribution is 2.36. The fraction of sp³-hybridized carbons (Fsp3) is 0. The summed E-state index contributed by atoms with van der Waals surface area (Å²) in [6, 6.07) is 9.44. The molecule has 0 radical (unpaired) electrons. The van der Waals surface area contributed by atoms with E-state index in [-0.39, 0.29) is 11.7 Å². The lowest BCUT2D eigenvalue weighted by Crippen LogP contribution is -1.87. The second-order valence-corrected chi connectivity index (χ2v) is 3.75. The topological polar surface area (TPSA) is 65.2 Å². The minimum Gasteiger partial charge on any atom is -0.463 e. The van der Waals surface area contributed by atoms with Gasteiger partial charge in [0.1, 0.15) is 5.82 Å². The van der Waals surface area contributed by atoms with Gasteiger partial charge in [0, 0.05) is 0 Å². The van der Waals surface area contributed by atoms with E-state index >= 15 is 0 Å². The number of hydrogen-bond acceptors (Lipinski definition) is 4. The summed E-state index contributed by atoms with van der Waals surface area (Å²) >= 11 is 0. The Bertz CT molecular complexity index is 657. The van der Waals surface area contributed by atoms with Gasteiger partial charge in [0.25, 0.3) is 0 Å². The number of benzene rings is 1. The monoisotopic (exact) mass is 244 g/mol. The lowest BCUT2D eigenvalue weighted by Gasteiger charge is -2.00. The molecule has 1 aromatic carbocycles. The van der Waals surface area contributed by atoms with Crippen LogP contribution in [0.25, 0.3) is 22.6 Å². The third kappa shape index (κ3) is 1.66. The van der Waals surface area contributed by atoms with Gasteiger partial charge in [0.2, 0.25) is 5.88 Å². The zero-order valence-electron chi connectivity index (χ0n) is 9.26. The van der Waals surface area contributed by atoms with E-state index in [2.05, 4.69) is 5.16 Å². The zero-order valence-corrected chi connectivity index (χ0v) is 9.26. The van der Waals surface area contributed by atoms with Crippen molar-refractivity contribution in [1.82, 2.24) is 5.16 Å². The van der Waals surface area contributed by atoms with Gasteiger partial charge in [-0.2, -0.15) is 0 Å². The van der Waals surface area contributed by atoms with Crippen LogP contribution in [0.4, 0.5) is 10.3 Å². The second-order valence-electron chi connectivity index (χ2n) is 3.75. The SMILES string of the molecule is Nc1onc(-c2ccco2)c1-c1ccc(F)cc1. The summed E-state index contributed by atoms with van der Waals surface area (Å²) in [5.74, 6) is 0.413. The molecule has 18 heavy (non-hydrogen) atoms. The summed E-state index contributed by atoms with van der Waals surface area (Å²) in [4.78, 5) is 0. The summed E-state index contributed by atoms with van der Waals surface area (Å²) in [5.41, 5.74) is 7.58. The molecule has 5 heteroatoms. The molecule has 90 valence electrons. The molecule has 0 fully saturated rings. The van der Waals surface area contributed by atoms with E-state index in [1.165, 1.54) is 18.4 Å². The fourth-order valence-electron chi connectivity index (χ4n) is 1.78. The summed E-state index contributed by atoms with van der Waals surface area (Å²) in [6.45, 7) is 0. The van der Waals surface area contributed by atoms with Crippen LogP contribution >= 0.6 is 0 Å². The molecule has 0 unspecified atom stereocenters. The normalized spacial score (nSPS) is 10.7. The van der Waals surface area contributed by atoms with E-state index in [0.29, 0.717) is 17.0 Å². The Hall–Kier alpha value is -2.56. The van der Waals surface area contributed by atoms with Gasteiger partial charge in [0.15, 0.2) is 11.5 Å². The molecule has 0 atom stereocenters. The number of furan rings is 1. The minimum absolute atomic E-state index is 0.174. The van der Waals surface area contributed by atoms with Crippen LogP contribution in [-0.2, 0) is 0 Å². The molecule has 3 rings (SSSR count). The van der Waals surface area contributed by atoms with Crippen molar-refractivity contribution in [3.8, 4) is 22.6 Å². The molecule has 0 aliphatic heterocycles. The van der Waals surface area contributed by atoms with Gasteiger partial charge in [-0.25, -0.2) is 4.39 Å². The van der Waals surface area contributed by atoms with Gasteiger partial charge in [-0.05, 0) is 29.8 Å². The highest BCUT2D eigenvalue weighted by Gasteiger charge is 2.19. The Morgan fingerprint density at radius 2 is 1.89 bits per heavy atom. The lowest BCUT2D eigenvalue weighted by atomic mass is 10.0. The Balaban J connectivity index is 2.17. The zero-order chi connectivity index (χ0) is 12.5. The number of aromatic nitrogens is 1. The number of nitrogens with zero attached hydrogens (tertiary/aromatic N) is 1. The molecular formula is C13H9FN2O2. The van der Waals surface area contributed by atoms with Crippen molar-refractivity contribution < 1.29 is 13.3 Å². The maximum Gasteiger partial charge on any atom is 0.230 e. The standard InChI is InChI=1S/C13H9FN2O2/c14-9-5-3-8(4-6-9)11-12(16-18-13(11)15)10-2-1-7-17-10/h1-7H,15H2. The molecule has 2 N–H and O–H groups in total. The smallest absolute Gasteiger partial charge is 0.230 e. The van der Waals surface area contributed by atoms with Gasteiger partial charge in [-0.15, -0.1) is 0 Å². The van der Waals surface area contributed by atoms with Gasteiger partial charge >= 0.3 is 0 Å². The van der Waals surface area contributed by atoms with E-state index in [0.717, 1.165) is 5.56 Å². The first kappa shape index (κ1) is 10.6. The van der Waals surface area contributed by atoms with Crippen LogP contribution in [0.3, 0.4) is 0 Å². The summed E-state index contributed by atoms with van der Waals surface area (Å²) in [5, 5.41) is 3.87. The average molecular weight is 244 g/mol. The molecule has 2 heterocycles. The van der Waals surface area contributed by atoms with Crippen molar-refractivity contribution in [1.29, 1.82) is 0 Å². The fourth-order valence-corrected chi connectivity index (χ4v) is 1.78. The maximum atomic E-state index is 12.9. The van der Waals surface area contributed by atoms with Gasteiger partial charge in [0.05, 0.1) is 11.8 Å². The van der Waals surface area contributed by atoms with Gasteiger partial charge in [-0.3, -0.25) is 0 Å². The maximum absolute atomic E-state index is 12.9. The highest BCUT2D eigenvalue weighted by atomic mass is 19.1. The third-order valence-corrected chi connectivity index (χ3v) is 2.61. The van der Waals surface area contributed by atoms with Crippen molar-refractivity contribution in [3.05, 3.63) is 48.5 Å². The highest BCUT2D eigenvalue weighted by molar-refractivity contribution is 5.85. The Labute approximate surface area is 102 Å². The Kier molecular flexibility index (Phi) is 2.37. The van der Waals surface area contributed by atoms with Crippen LogP contribution in [-0.4, -0.2) is 5.16 Å². The molecule has 0 saturated carbocycles. The van der Waals surface area contributed by atoms with E-state index in [4.69, 9.17) is 14.7 Å². The second kappa shape index (κ2) is 4.03. The molecule has 0 amide bonds. The summed E-state index contributed by atoms with van der Waals surface area (Å²) < 4.78 is 23.2. The summed E-state index contributed by atoms with van der Waals surface area (Å²) in [6.07, 6.45) is 1.54. The molecule has 0 aliphatic rings. The van der Waals surface area contributed by atoms with Crippen LogP contribution in [0.2, 0.25) is 0 Å². The minimum atomic E-state index is -0.312. The molecule has 0 spiro atoms. The number of anilines is 1. The number of hydrogen-bond donors (Lipinski definition) is 1. The largest absolute Gasteiger partial charge is 0.463 e. The lowest BCUT2D eigenvalue weighted by molar-refractivity contribution is 0.436. The van der Waals surface area contributed by atoms with E-state index in [1.54, 1.807) is 24.3 Å². The van der Waals surface area contributed by atoms with Crippen LogP contribution in [0.5, 0.6) is 0 Å². The predicted octanol–water partition coefficient (Wildman–Crippen LogP) is 3.32. The third-order valence-electron chi connectivity index (χ3n) is 2.61. The van der Waals surface area contributed by atoms with Crippen molar-refractivity contribution in [3.63, 3.8) is 0 Å². The number of halogens is 1. The van der Waals surface area contributed by atoms with E-state index < -0.39 is 0 Å². The van der Waals surface area contributed by atoms with Crippen LogP contribution < -0.4 is 5.73 Å². The first-order valence-corrected chi connectivity index (χ1v) is 5.30. The molecule has 0 aliphatic carbocycles. The molecule has 2 aromatic heterocycles. The van der Waals surface area contributed by atoms with Crippen molar-refractivity contribution in [2.24, 2.45) is 0 Å². The Morgan fingerprint density at radius 1 is 1.11 bits per heavy atom. The number of rotatable bonds is 2. The van der Waals surface area contributed by atoms with Crippen molar-refractivity contribution in [2.45, 2.75) is 0 Å². The Morgan fingerprint density at radius 3 is 2.56 bits per heavy atom.